The Kier molecular flexibility index (Phi) is 5.37. The Labute approximate surface area is 128 Å². The molecule has 118 valence electrons. The van der Waals surface area contributed by atoms with Gasteiger partial charge in [0.05, 0.1) is 6.42 Å². The number of sulfonamides is 1. The van der Waals surface area contributed by atoms with Crippen LogP contribution in [0.25, 0.3) is 0 Å². The normalized spacial score (nSPS) is 18.0. The Morgan fingerprint density at radius 2 is 2.10 bits per heavy atom. The number of hydrogen-bond donors (Lipinski definition) is 2. The number of thiophene rings is 1. The summed E-state index contributed by atoms with van der Waals surface area (Å²) in [5, 5.41) is 8.71. The maximum Gasteiger partial charge on any atom is 0.308 e. The fraction of sp³-hybridized carbons (Fsp3) is 0.615. The van der Waals surface area contributed by atoms with Crippen LogP contribution in [0.4, 0.5) is 0 Å². The third-order valence-corrected chi connectivity index (χ3v) is 6.56. The van der Waals surface area contributed by atoms with Crippen LogP contribution in [-0.2, 0) is 21.2 Å². The van der Waals surface area contributed by atoms with Crippen LogP contribution in [0.5, 0.6) is 0 Å². The first-order chi connectivity index (χ1) is 9.88. The van der Waals surface area contributed by atoms with Gasteiger partial charge < -0.3 is 5.11 Å². The van der Waals surface area contributed by atoms with Crippen molar-refractivity contribution in [2.24, 2.45) is 0 Å². The minimum atomic E-state index is -3.55. The monoisotopic (exact) mass is 332 g/mol. The summed E-state index contributed by atoms with van der Waals surface area (Å²) < 4.78 is 27.2. The maximum atomic E-state index is 12.2. The topological polar surface area (TPSA) is 86.7 Å². The zero-order valence-corrected chi connectivity index (χ0v) is 13.5. The molecule has 0 aromatic carbocycles. The number of aliphatic carboxylic acids is 1. The van der Waals surface area contributed by atoms with E-state index < -0.39 is 16.0 Å². The van der Waals surface area contributed by atoms with Crippen molar-refractivity contribution in [1.82, 2.24) is 9.62 Å². The molecule has 1 aromatic rings. The lowest BCUT2D eigenvalue weighted by molar-refractivity contribution is -0.136. The van der Waals surface area contributed by atoms with Gasteiger partial charge in [-0.2, -0.15) is 0 Å². The first-order valence-corrected chi connectivity index (χ1v) is 9.22. The summed E-state index contributed by atoms with van der Waals surface area (Å²) in [4.78, 5) is 13.4. The van der Waals surface area contributed by atoms with Crippen molar-refractivity contribution in [1.29, 1.82) is 0 Å². The molecule has 0 amide bonds. The molecule has 1 fully saturated rings. The largest absolute Gasteiger partial charge is 0.481 e. The zero-order valence-electron chi connectivity index (χ0n) is 11.9. The second-order valence-corrected chi connectivity index (χ2v) is 8.40. The molecule has 8 heteroatoms. The molecule has 6 nitrogen and oxygen atoms in total. The number of nitrogens with zero attached hydrogens (tertiary/aromatic N) is 1. The molecular weight excluding hydrogens is 312 g/mol. The molecule has 0 aliphatic carbocycles. The van der Waals surface area contributed by atoms with E-state index in [0.29, 0.717) is 11.4 Å². The van der Waals surface area contributed by atoms with Gasteiger partial charge in [-0.25, -0.2) is 13.1 Å². The van der Waals surface area contributed by atoms with Gasteiger partial charge in [0.2, 0.25) is 10.0 Å². The van der Waals surface area contributed by atoms with E-state index in [2.05, 4.69) is 9.62 Å². The lowest BCUT2D eigenvalue weighted by Gasteiger charge is -2.23. The molecule has 1 saturated heterocycles. The molecule has 1 aliphatic heterocycles. The average Bonchev–Trinajstić information content (AvgIpc) is 3.06. The van der Waals surface area contributed by atoms with Crippen molar-refractivity contribution >= 4 is 27.3 Å². The van der Waals surface area contributed by atoms with Gasteiger partial charge in [0.15, 0.2) is 0 Å². The SMILES string of the molecule is CC(CNS(=O)(=O)c1ccc(CC(=O)O)s1)N1CCCC1. The number of nitrogens with one attached hydrogen (secondary N) is 1. The molecule has 0 radical (unpaired) electrons. The second-order valence-electron chi connectivity index (χ2n) is 5.24. The Bertz CT molecular complexity index is 591. The van der Waals surface area contributed by atoms with Gasteiger partial charge in [-0.15, -0.1) is 11.3 Å². The summed E-state index contributed by atoms with van der Waals surface area (Å²) in [7, 11) is -3.55. The van der Waals surface area contributed by atoms with Crippen molar-refractivity contribution in [3.05, 3.63) is 17.0 Å². The van der Waals surface area contributed by atoms with Gasteiger partial charge in [-0.05, 0) is 45.0 Å². The molecule has 0 bridgehead atoms. The van der Waals surface area contributed by atoms with Crippen LogP contribution >= 0.6 is 11.3 Å². The van der Waals surface area contributed by atoms with Gasteiger partial charge in [0.25, 0.3) is 0 Å². The molecule has 1 aromatic heterocycles. The number of carbonyl (C=O) groups is 1. The lowest BCUT2D eigenvalue weighted by atomic mass is 10.3. The smallest absolute Gasteiger partial charge is 0.308 e. The van der Waals surface area contributed by atoms with E-state index in [-0.39, 0.29) is 16.7 Å². The van der Waals surface area contributed by atoms with Gasteiger partial charge in [0.1, 0.15) is 4.21 Å². The highest BCUT2D eigenvalue weighted by Gasteiger charge is 2.22. The number of carboxylic acids is 1. The highest BCUT2D eigenvalue weighted by Crippen LogP contribution is 2.22. The van der Waals surface area contributed by atoms with Crippen molar-refractivity contribution in [2.75, 3.05) is 19.6 Å². The summed E-state index contributed by atoms with van der Waals surface area (Å²) in [5.74, 6) is -0.962. The number of carboxylic acid groups (broad SMARTS) is 1. The predicted molar refractivity (Wildman–Crippen MR) is 81.1 cm³/mol. The quantitative estimate of drug-likeness (QED) is 0.782. The molecule has 1 aliphatic rings. The number of hydrogen-bond acceptors (Lipinski definition) is 5. The van der Waals surface area contributed by atoms with E-state index in [4.69, 9.17) is 5.11 Å². The maximum absolute atomic E-state index is 12.2. The van der Waals surface area contributed by atoms with Gasteiger partial charge in [-0.3, -0.25) is 9.69 Å². The third kappa shape index (κ3) is 4.50. The highest BCUT2D eigenvalue weighted by molar-refractivity contribution is 7.91. The summed E-state index contributed by atoms with van der Waals surface area (Å²) >= 11 is 1.01. The van der Waals surface area contributed by atoms with Crippen LogP contribution in [0.2, 0.25) is 0 Å². The Balaban J connectivity index is 1.94. The number of rotatable bonds is 7. The van der Waals surface area contributed by atoms with E-state index in [0.717, 1.165) is 24.4 Å². The van der Waals surface area contributed by atoms with Gasteiger partial charge in [-0.1, -0.05) is 0 Å². The average molecular weight is 332 g/mol. The molecule has 21 heavy (non-hydrogen) atoms. The van der Waals surface area contributed by atoms with E-state index in [9.17, 15) is 13.2 Å². The van der Waals surface area contributed by atoms with Crippen molar-refractivity contribution in [3.63, 3.8) is 0 Å². The predicted octanol–water partition coefficient (Wildman–Crippen LogP) is 1.14. The van der Waals surface area contributed by atoms with Crippen LogP contribution in [0.3, 0.4) is 0 Å². The fourth-order valence-electron chi connectivity index (χ4n) is 2.36. The molecule has 2 rings (SSSR count). The molecule has 1 unspecified atom stereocenters. The Hall–Kier alpha value is -0.960. The first-order valence-electron chi connectivity index (χ1n) is 6.93. The van der Waals surface area contributed by atoms with E-state index in [1.165, 1.54) is 18.9 Å². The van der Waals surface area contributed by atoms with Crippen LogP contribution in [-0.4, -0.2) is 50.1 Å². The van der Waals surface area contributed by atoms with Crippen LogP contribution < -0.4 is 4.72 Å². The van der Waals surface area contributed by atoms with Gasteiger partial charge in [0, 0.05) is 17.5 Å². The van der Waals surface area contributed by atoms with E-state index in [1.807, 2.05) is 6.92 Å². The summed E-state index contributed by atoms with van der Waals surface area (Å²) in [6.45, 7) is 4.42. The lowest BCUT2D eigenvalue weighted by Crippen LogP contribution is -2.40. The zero-order chi connectivity index (χ0) is 15.5. The van der Waals surface area contributed by atoms with Crippen molar-refractivity contribution in [3.8, 4) is 0 Å². The highest BCUT2D eigenvalue weighted by atomic mass is 32.2. The van der Waals surface area contributed by atoms with E-state index >= 15 is 0 Å². The standard InChI is InChI=1S/C13H20N2O4S2/c1-10(15-6-2-3-7-15)9-14-21(18,19)13-5-4-11(20-13)8-12(16)17/h4-5,10,14H,2-3,6-9H2,1H3,(H,16,17). The number of likely N-dealkylation sites (tertiary alicyclic amines) is 1. The van der Waals surface area contributed by atoms with Gasteiger partial charge >= 0.3 is 5.97 Å². The minimum absolute atomic E-state index is 0.148. The van der Waals surface area contributed by atoms with Crippen molar-refractivity contribution in [2.45, 2.75) is 36.4 Å². The molecule has 2 N–H and O–H groups in total. The van der Waals surface area contributed by atoms with E-state index in [1.54, 1.807) is 6.07 Å². The minimum Gasteiger partial charge on any atom is -0.481 e. The summed E-state index contributed by atoms with van der Waals surface area (Å²) in [5.41, 5.74) is 0. The molecule has 2 heterocycles. The van der Waals surface area contributed by atoms with Crippen LogP contribution in [0, 0.1) is 0 Å². The van der Waals surface area contributed by atoms with Crippen molar-refractivity contribution < 1.29 is 18.3 Å². The van der Waals surface area contributed by atoms with Crippen LogP contribution in [0.15, 0.2) is 16.3 Å². The molecule has 1 atom stereocenters. The molecular formula is C13H20N2O4S2. The third-order valence-electron chi connectivity index (χ3n) is 3.56. The summed E-state index contributed by atoms with van der Waals surface area (Å²) in [6.07, 6.45) is 2.19. The molecule has 0 spiro atoms. The fourth-order valence-corrected chi connectivity index (χ4v) is 4.87. The Morgan fingerprint density at radius 1 is 1.43 bits per heavy atom. The summed E-state index contributed by atoms with van der Waals surface area (Å²) in [6, 6.07) is 3.18. The molecule has 0 saturated carbocycles. The first kappa shape index (κ1) is 16.4. The second kappa shape index (κ2) is 6.87. The Morgan fingerprint density at radius 3 is 2.71 bits per heavy atom. The van der Waals surface area contributed by atoms with Crippen LogP contribution in [0.1, 0.15) is 24.6 Å².